The van der Waals surface area contributed by atoms with E-state index < -0.39 is 6.67 Å². The molecule has 0 aromatic rings. The van der Waals surface area contributed by atoms with Gasteiger partial charge in [-0.1, -0.05) is 6.92 Å². The van der Waals surface area contributed by atoms with Gasteiger partial charge < -0.3 is 0 Å². The van der Waals surface area contributed by atoms with Crippen molar-refractivity contribution in [2.75, 3.05) is 6.67 Å². The van der Waals surface area contributed by atoms with Crippen LogP contribution >= 0.6 is 0 Å². The summed E-state index contributed by atoms with van der Waals surface area (Å²) in [6.07, 6.45) is 0.316. The monoisotopic (exact) mass is 89.1 g/mol. The molecule has 0 saturated heterocycles. The molecule has 0 bridgehead atoms. The molecule has 0 aromatic heterocycles. The molecule has 0 saturated carbocycles. The molecule has 0 radical (unpaired) electrons. The number of halogens is 1. The molecule has 0 aromatic carbocycles. The Bertz CT molecular complexity index is 45.5. The van der Waals surface area contributed by atoms with Gasteiger partial charge in [0.05, 0.1) is 0 Å². The topological polar surface area (TPSA) is 17.1 Å². The van der Waals surface area contributed by atoms with Crippen LogP contribution in [0.5, 0.6) is 0 Å². The largest absolute Gasteiger partial charge is 0.297 e. The average molecular weight is 89.1 g/mol. The highest BCUT2D eigenvalue weighted by Crippen LogP contribution is 1.78. The van der Waals surface area contributed by atoms with E-state index in [0.717, 1.165) is 0 Å². The van der Waals surface area contributed by atoms with E-state index in [4.69, 9.17) is 0 Å². The van der Waals surface area contributed by atoms with Crippen molar-refractivity contribution in [1.29, 1.82) is 0 Å². The molecule has 2 heteroatoms. The number of rotatable bonds is 2. The van der Waals surface area contributed by atoms with Crippen LogP contribution in [0.15, 0.2) is 0 Å². The van der Waals surface area contributed by atoms with Crippen LogP contribution in [0.2, 0.25) is 0 Å². The first-order chi connectivity index (χ1) is 2.81. The standard InChI is InChI=1S/C4H7FO/c1-2-4(6)3-5/h2-3H2,1H3/i5-1. The highest BCUT2D eigenvalue weighted by molar-refractivity contribution is 5.79. The number of Topliss-reactive ketones (excluding diaryl/α,β-unsaturated/α-hetero) is 1. The van der Waals surface area contributed by atoms with Gasteiger partial charge in [-0.05, 0) is 0 Å². The predicted molar refractivity (Wildman–Crippen MR) is 21.3 cm³/mol. The second-order valence-corrected chi connectivity index (χ2v) is 1.03. The number of alkyl halides is 1. The predicted octanol–water partition coefficient (Wildman–Crippen LogP) is 0.935. The van der Waals surface area contributed by atoms with Gasteiger partial charge in [-0.15, -0.1) is 0 Å². The summed E-state index contributed by atoms with van der Waals surface area (Å²) in [5.41, 5.74) is 0. The van der Waals surface area contributed by atoms with E-state index >= 15 is 0 Å². The summed E-state index contributed by atoms with van der Waals surface area (Å²) < 4.78 is 11.0. The Morgan fingerprint density at radius 3 is 2.33 bits per heavy atom. The molecular weight excluding hydrogens is 82.0 g/mol. The van der Waals surface area contributed by atoms with E-state index in [1.807, 2.05) is 0 Å². The summed E-state index contributed by atoms with van der Waals surface area (Å²) in [4.78, 5) is 9.81. The quantitative estimate of drug-likeness (QED) is 0.492. The number of carbonyl (C=O) groups excluding carboxylic acids is 1. The lowest BCUT2D eigenvalue weighted by Crippen LogP contribution is -1.94. The Labute approximate surface area is 36.2 Å². The van der Waals surface area contributed by atoms with E-state index in [2.05, 4.69) is 0 Å². The SMILES string of the molecule is CCC(=O)C[18F]. The number of carbonyl (C=O) groups is 1. The Kier molecular flexibility index (Phi) is 2.63. The van der Waals surface area contributed by atoms with Crippen LogP contribution in [0.3, 0.4) is 0 Å². The molecule has 1 nitrogen and oxygen atoms in total. The lowest BCUT2D eigenvalue weighted by molar-refractivity contribution is -0.119. The molecule has 0 aliphatic carbocycles. The van der Waals surface area contributed by atoms with Crippen LogP contribution in [0, 0.1) is 0 Å². The first-order valence-electron chi connectivity index (χ1n) is 1.89. The van der Waals surface area contributed by atoms with Gasteiger partial charge in [0.15, 0.2) is 5.78 Å². The van der Waals surface area contributed by atoms with Crippen molar-refractivity contribution in [3.8, 4) is 0 Å². The molecule has 0 heterocycles. The molecule has 0 N–H and O–H groups in total. The molecule has 0 unspecified atom stereocenters. The Morgan fingerprint density at radius 2 is 2.33 bits per heavy atom. The van der Waals surface area contributed by atoms with Crippen molar-refractivity contribution < 1.29 is 9.18 Å². The number of hydrogen-bond acceptors (Lipinski definition) is 1. The Hall–Kier alpha value is -0.400. The Morgan fingerprint density at radius 1 is 1.83 bits per heavy atom. The second kappa shape index (κ2) is 2.82. The smallest absolute Gasteiger partial charge is 0.163 e. The normalized spacial score (nSPS) is 8.33. The molecular formula is C4H7FO. The van der Waals surface area contributed by atoms with Gasteiger partial charge in [0, 0.05) is 6.42 Å². The van der Waals surface area contributed by atoms with E-state index in [9.17, 15) is 9.18 Å². The maximum absolute atomic E-state index is 11.0. The first kappa shape index (κ1) is 5.60. The van der Waals surface area contributed by atoms with Crippen LogP contribution in [0.4, 0.5) is 4.39 Å². The first-order valence-corrected chi connectivity index (χ1v) is 1.89. The molecule has 0 fully saturated rings. The second-order valence-electron chi connectivity index (χ2n) is 1.03. The molecule has 0 amide bonds. The molecule has 0 rings (SSSR count). The zero-order valence-corrected chi connectivity index (χ0v) is 3.70. The van der Waals surface area contributed by atoms with Gasteiger partial charge in [-0.3, -0.25) is 4.79 Å². The van der Waals surface area contributed by atoms with Gasteiger partial charge in [0.25, 0.3) is 0 Å². The molecule has 6 heavy (non-hydrogen) atoms. The summed E-state index contributed by atoms with van der Waals surface area (Å²) in [7, 11) is 0. The third-order valence-corrected chi connectivity index (χ3v) is 0.543. The fraction of sp³-hybridized carbons (Fsp3) is 0.750. The zero-order valence-electron chi connectivity index (χ0n) is 3.70. The maximum Gasteiger partial charge on any atom is 0.163 e. The van der Waals surface area contributed by atoms with Crippen LogP contribution < -0.4 is 0 Å². The minimum Gasteiger partial charge on any atom is -0.297 e. The van der Waals surface area contributed by atoms with Crippen LogP contribution in [-0.2, 0) is 4.79 Å². The van der Waals surface area contributed by atoms with E-state index in [1.54, 1.807) is 6.92 Å². The van der Waals surface area contributed by atoms with Crippen LogP contribution in [0.25, 0.3) is 0 Å². The molecule has 0 spiro atoms. The van der Waals surface area contributed by atoms with Crippen LogP contribution in [0.1, 0.15) is 13.3 Å². The highest BCUT2D eigenvalue weighted by Gasteiger charge is 1.90. The lowest BCUT2D eigenvalue weighted by atomic mass is 10.3. The van der Waals surface area contributed by atoms with Gasteiger partial charge in [0.1, 0.15) is 6.67 Å². The molecule has 0 aliphatic heterocycles. The maximum atomic E-state index is 11.0. The van der Waals surface area contributed by atoms with Crippen molar-refractivity contribution in [1.82, 2.24) is 0 Å². The number of ketones is 1. The third-order valence-electron chi connectivity index (χ3n) is 0.543. The molecule has 0 atom stereocenters. The van der Waals surface area contributed by atoms with Crippen molar-refractivity contribution in [3.05, 3.63) is 0 Å². The third kappa shape index (κ3) is 1.88. The van der Waals surface area contributed by atoms with E-state index in [1.165, 1.54) is 0 Å². The minimum atomic E-state index is -0.809. The molecule has 0 aliphatic rings. The minimum absolute atomic E-state index is 0.316. The summed E-state index contributed by atoms with van der Waals surface area (Å²) >= 11 is 0. The van der Waals surface area contributed by atoms with E-state index in [0.29, 0.717) is 6.42 Å². The van der Waals surface area contributed by atoms with Crippen molar-refractivity contribution in [2.24, 2.45) is 0 Å². The van der Waals surface area contributed by atoms with Crippen molar-refractivity contribution in [3.63, 3.8) is 0 Å². The Balaban J connectivity index is 2.99. The van der Waals surface area contributed by atoms with Gasteiger partial charge >= 0.3 is 0 Å². The summed E-state index contributed by atoms with van der Waals surface area (Å²) in [6, 6.07) is 0. The van der Waals surface area contributed by atoms with Gasteiger partial charge in [-0.25, -0.2) is 4.39 Å². The summed E-state index contributed by atoms with van der Waals surface area (Å²) in [5.74, 6) is -0.324. The number of hydrogen-bond donors (Lipinski definition) is 0. The summed E-state index contributed by atoms with van der Waals surface area (Å²) in [5, 5.41) is 0. The highest BCUT2D eigenvalue weighted by atomic mass is 18.2. The van der Waals surface area contributed by atoms with Gasteiger partial charge in [-0.2, -0.15) is 0 Å². The van der Waals surface area contributed by atoms with E-state index in [-0.39, 0.29) is 5.78 Å². The summed E-state index contributed by atoms with van der Waals surface area (Å²) in [6.45, 7) is 0.832. The average Bonchev–Trinajstić information content (AvgIpc) is 1.65. The van der Waals surface area contributed by atoms with Crippen LogP contribution in [-0.4, -0.2) is 12.5 Å². The zero-order chi connectivity index (χ0) is 4.99. The van der Waals surface area contributed by atoms with Gasteiger partial charge in [0.2, 0.25) is 0 Å². The van der Waals surface area contributed by atoms with Crippen molar-refractivity contribution >= 4 is 5.78 Å². The lowest BCUT2D eigenvalue weighted by Gasteiger charge is -1.78. The fourth-order valence-corrected chi connectivity index (χ4v) is 0.0945. The van der Waals surface area contributed by atoms with Crippen molar-refractivity contribution in [2.45, 2.75) is 13.3 Å². The fourth-order valence-electron chi connectivity index (χ4n) is 0.0945. The molecule has 36 valence electrons.